The highest BCUT2D eigenvalue weighted by Crippen LogP contribution is 2.68. The molecule has 2 aliphatic rings. The number of hydrogen-bond acceptors (Lipinski definition) is 14. The number of hydrogen-bond donors (Lipinski definition) is 5. The van der Waals surface area contributed by atoms with E-state index in [1.54, 1.807) is 0 Å². The van der Waals surface area contributed by atoms with E-state index in [0.29, 0.717) is 0 Å². The number of phosphoric acid groups is 4. The summed E-state index contributed by atoms with van der Waals surface area (Å²) >= 11 is 0. The first-order chi connectivity index (χ1) is 13.5. The monoisotopic (exact) mass is 524 g/mol. The summed E-state index contributed by atoms with van der Waals surface area (Å²) in [7, 11) is -20.4. The fourth-order valence-electron chi connectivity index (χ4n) is 2.30. The van der Waals surface area contributed by atoms with Crippen LogP contribution in [0.2, 0.25) is 0 Å². The Labute approximate surface area is 167 Å². The van der Waals surface area contributed by atoms with Crippen molar-refractivity contribution in [1.29, 1.82) is 0 Å². The van der Waals surface area contributed by atoms with Crippen LogP contribution in [0.3, 0.4) is 0 Å². The Bertz CT molecular complexity index is 855. The number of carbonyl (C=O) groups excluding carboxylic acids is 1. The number of aliphatic hydroxyl groups is 1. The molecule has 176 valence electrons. The smallest absolute Gasteiger partial charge is 0.467 e. The summed E-state index contributed by atoms with van der Waals surface area (Å²) in [5.74, 6) is -1.56. The summed E-state index contributed by atoms with van der Waals surface area (Å²) in [4.78, 5) is 50.4. The van der Waals surface area contributed by atoms with Crippen molar-refractivity contribution in [3.63, 3.8) is 0 Å². The molecule has 0 aromatic rings. The van der Waals surface area contributed by atoms with Gasteiger partial charge in [-0.2, -0.15) is 8.62 Å². The van der Waals surface area contributed by atoms with Gasteiger partial charge in [-0.1, -0.05) is 0 Å². The summed E-state index contributed by atoms with van der Waals surface area (Å²) < 4.78 is 82.3. The molecule has 2 rings (SSSR count). The van der Waals surface area contributed by atoms with Crippen molar-refractivity contribution >= 4 is 37.3 Å². The molecule has 0 aromatic carbocycles. The Morgan fingerprint density at radius 1 is 0.800 bits per heavy atom. The quantitative estimate of drug-likeness (QED) is 0.170. The molecule has 22 heteroatoms. The topological polar surface area (TPSA) is 260 Å². The van der Waals surface area contributed by atoms with Gasteiger partial charge in [0.25, 0.3) is 0 Å². The van der Waals surface area contributed by atoms with E-state index in [0.717, 1.165) is 14.2 Å². The lowest BCUT2D eigenvalue weighted by atomic mass is 10.0. The second kappa shape index (κ2) is 9.04. The van der Waals surface area contributed by atoms with Gasteiger partial charge in [-0.25, -0.2) is 23.1 Å². The lowest BCUT2D eigenvalue weighted by Gasteiger charge is -2.33. The van der Waals surface area contributed by atoms with Crippen LogP contribution >= 0.6 is 31.3 Å². The highest BCUT2D eigenvalue weighted by Gasteiger charge is 2.59. The number of carbonyl (C=O) groups is 1. The molecule has 0 bridgehead atoms. The summed E-state index contributed by atoms with van der Waals surface area (Å²) in [6, 6.07) is 0. The maximum absolute atomic E-state index is 12.0. The minimum Gasteiger partial charge on any atom is -0.467 e. The molecule has 2 saturated heterocycles. The van der Waals surface area contributed by atoms with Crippen LogP contribution in [0.4, 0.5) is 0 Å². The number of aliphatic hydroxyl groups excluding tert-OH is 1. The van der Waals surface area contributed by atoms with Gasteiger partial charge in [0.1, 0.15) is 18.3 Å². The fourth-order valence-corrected chi connectivity index (χ4v) is 7.11. The number of esters is 1. The van der Waals surface area contributed by atoms with Crippen LogP contribution in [0.1, 0.15) is 0 Å². The van der Waals surface area contributed by atoms with E-state index in [-0.39, 0.29) is 0 Å². The van der Waals surface area contributed by atoms with Crippen LogP contribution in [-0.2, 0) is 59.2 Å². The molecule has 0 saturated carbocycles. The average Bonchev–Trinajstić information content (AvgIpc) is 2.73. The highest BCUT2D eigenvalue weighted by atomic mass is 31.3. The highest BCUT2D eigenvalue weighted by molar-refractivity contribution is 7.61. The zero-order valence-electron chi connectivity index (χ0n) is 14.7. The first kappa shape index (κ1) is 26.2. The zero-order valence-corrected chi connectivity index (χ0v) is 18.3. The van der Waals surface area contributed by atoms with E-state index >= 15 is 0 Å². The summed E-state index contributed by atoms with van der Waals surface area (Å²) in [6.45, 7) is 0. The Kier molecular flexibility index (Phi) is 7.88. The molecular weight excluding hydrogens is 508 g/mol. The zero-order chi connectivity index (χ0) is 23.1. The lowest BCUT2D eigenvalue weighted by Crippen LogP contribution is -2.53. The predicted octanol–water partition coefficient (Wildman–Crippen LogP) is -0.873. The maximum atomic E-state index is 12.0. The van der Waals surface area contributed by atoms with Gasteiger partial charge in [-0.15, -0.1) is 0 Å². The third-order valence-electron chi connectivity index (χ3n) is 3.33. The Hall–Kier alpha value is -0.0900. The minimum absolute atomic E-state index is 0.753. The minimum atomic E-state index is -5.56. The summed E-state index contributed by atoms with van der Waals surface area (Å²) in [6.07, 6.45) is -12.1. The summed E-state index contributed by atoms with van der Waals surface area (Å²) in [5, 5.41) is 9.93. The van der Waals surface area contributed by atoms with Gasteiger partial charge >= 0.3 is 37.3 Å². The van der Waals surface area contributed by atoms with Crippen molar-refractivity contribution in [2.45, 2.75) is 30.7 Å². The van der Waals surface area contributed by atoms with E-state index in [2.05, 4.69) is 36.2 Å². The van der Waals surface area contributed by atoms with Crippen molar-refractivity contribution < 1.29 is 83.9 Å². The third-order valence-corrected chi connectivity index (χ3v) is 8.65. The molecule has 2 fully saturated rings. The molecule has 2 heterocycles. The van der Waals surface area contributed by atoms with E-state index < -0.39 is 68.0 Å². The molecule has 5 N–H and O–H groups in total. The normalized spacial score (nSPS) is 48.9. The van der Waals surface area contributed by atoms with Gasteiger partial charge in [0.15, 0.2) is 12.4 Å². The summed E-state index contributed by atoms with van der Waals surface area (Å²) in [5.41, 5.74) is 0. The van der Waals surface area contributed by atoms with Gasteiger partial charge in [-0.05, 0) is 0 Å². The molecule has 30 heavy (non-hydrogen) atoms. The third kappa shape index (κ3) is 6.47. The molecule has 0 aromatic heterocycles. The van der Waals surface area contributed by atoms with Gasteiger partial charge < -0.3 is 34.2 Å². The number of rotatable bonds is 4. The van der Waals surface area contributed by atoms with Gasteiger partial charge in [0.2, 0.25) is 0 Å². The van der Waals surface area contributed by atoms with Crippen LogP contribution < -0.4 is 0 Å². The van der Waals surface area contributed by atoms with Crippen molar-refractivity contribution in [3.05, 3.63) is 0 Å². The van der Waals surface area contributed by atoms with Crippen LogP contribution in [0.5, 0.6) is 0 Å². The molecule has 0 aliphatic carbocycles. The lowest BCUT2D eigenvalue weighted by molar-refractivity contribution is -0.187. The molecule has 0 radical (unpaired) electrons. The fraction of sp³-hybridized carbons (Fsp3) is 0.875. The number of ether oxygens (including phenoxy) is 2. The van der Waals surface area contributed by atoms with E-state index in [1.165, 1.54) is 0 Å². The number of phosphoric ester groups is 4. The van der Waals surface area contributed by atoms with E-state index in [9.17, 15) is 47.7 Å². The Morgan fingerprint density at radius 2 is 1.23 bits per heavy atom. The number of methoxy groups -OCH3 is 2. The molecule has 0 spiro atoms. The Balaban J connectivity index is 2.65. The molecule has 9 atom stereocenters. The van der Waals surface area contributed by atoms with Crippen molar-refractivity contribution in [2.75, 3.05) is 14.2 Å². The van der Waals surface area contributed by atoms with Crippen LogP contribution in [0.25, 0.3) is 0 Å². The van der Waals surface area contributed by atoms with E-state index in [4.69, 9.17) is 0 Å². The molecule has 0 amide bonds. The second-order valence-corrected chi connectivity index (χ2v) is 11.3. The molecule has 2 aliphatic heterocycles. The first-order valence-electron chi connectivity index (χ1n) is 7.27. The maximum Gasteiger partial charge on any atom is 0.482 e. The molecular formula is C8H16O18P4. The van der Waals surface area contributed by atoms with Gasteiger partial charge in [-0.3, -0.25) is 18.1 Å². The van der Waals surface area contributed by atoms with Crippen LogP contribution in [0.15, 0.2) is 0 Å². The first-order valence-corrected chi connectivity index (χ1v) is 13.3. The Morgan fingerprint density at radius 3 is 1.70 bits per heavy atom. The van der Waals surface area contributed by atoms with Crippen molar-refractivity contribution in [2.24, 2.45) is 0 Å². The van der Waals surface area contributed by atoms with Crippen molar-refractivity contribution in [3.8, 4) is 0 Å². The van der Waals surface area contributed by atoms with Crippen molar-refractivity contribution in [1.82, 2.24) is 0 Å². The molecule has 18 nitrogen and oxygen atoms in total. The van der Waals surface area contributed by atoms with Crippen LogP contribution in [-0.4, -0.2) is 75.6 Å². The van der Waals surface area contributed by atoms with E-state index in [1.807, 2.05) is 0 Å². The average molecular weight is 524 g/mol. The second-order valence-electron chi connectivity index (χ2n) is 5.42. The predicted molar refractivity (Wildman–Crippen MR) is 86.0 cm³/mol. The largest absolute Gasteiger partial charge is 0.482 e. The standard InChI is InChI=1S/C8H16O18P4/c1-19-7(9)5-3(21-27(11,12)25-29(15,16)23-5)4-6(8(10)20-2)24-30(17,18)26-28(13,14)22-4/h3-7,9H,1-2H3,(H,11,12)(H,13,14)(H,15,16)(H,17,18)/t3-,4+,5+,6-,7?/m0/s1. The molecule has 5 unspecified atom stereocenters. The SMILES string of the molecule is COC(=O)[C@H]1OP(=O)(O)OP(=O)(O)O[C@@H]1[C@@H]1OP(=O)(O)OP(=O)(O)O[C@H]1C(O)OC. The van der Waals surface area contributed by atoms with Crippen LogP contribution in [0, 0.1) is 0 Å². The van der Waals surface area contributed by atoms with Gasteiger partial charge in [0.05, 0.1) is 7.11 Å². The van der Waals surface area contributed by atoms with Gasteiger partial charge in [0, 0.05) is 7.11 Å².